The number of ether oxygens (including phenoxy) is 1. The minimum Gasteiger partial charge on any atom is -0.494 e. The van der Waals surface area contributed by atoms with Crippen molar-refractivity contribution >= 4 is 5.97 Å². The molecule has 88 valence electrons. The first-order chi connectivity index (χ1) is 7.56. The van der Waals surface area contributed by atoms with Crippen LogP contribution in [0.5, 0.6) is 5.75 Å². The second-order valence-electron chi connectivity index (χ2n) is 3.71. The van der Waals surface area contributed by atoms with Crippen molar-refractivity contribution in [2.45, 2.75) is 13.0 Å². The number of carbonyl (C=O) groups is 1. The van der Waals surface area contributed by atoms with Crippen LogP contribution in [0, 0.1) is 0 Å². The van der Waals surface area contributed by atoms with Crippen molar-refractivity contribution in [1.29, 1.82) is 0 Å². The fourth-order valence-electron chi connectivity index (χ4n) is 1.57. The van der Waals surface area contributed by atoms with E-state index >= 15 is 0 Å². The number of carboxylic acids is 1. The van der Waals surface area contributed by atoms with Crippen molar-refractivity contribution in [3.05, 3.63) is 29.8 Å². The molecule has 0 fully saturated rings. The fraction of sp³-hybridized carbons (Fsp3) is 0.417. The minimum absolute atomic E-state index is 0.607. The largest absolute Gasteiger partial charge is 0.494 e. The standard InChI is InChI=1S/C12H17NO3/c1-4-16-10-7-5-9(6-8-10)11(12(14)15)13(2)3/h5-8,11H,4H2,1-3H3,(H,14,15)/t11-/m0/s1. The molecule has 1 rings (SSSR count). The third-order valence-corrected chi connectivity index (χ3v) is 2.26. The number of hydrogen-bond acceptors (Lipinski definition) is 3. The van der Waals surface area contributed by atoms with Crippen LogP contribution in [0.3, 0.4) is 0 Å². The summed E-state index contributed by atoms with van der Waals surface area (Å²) in [6.45, 7) is 2.52. The molecule has 0 amide bonds. The molecule has 1 aromatic rings. The number of nitrogens with zero attached hydrogens (tertiary/aromatic N) is 1. The third kappa shape index (κ3) is 2.97. The molecule has 0 bridgehead atoms. The zero-order valence-corrected chi connectivity index (χ0v) is 9.80. The van der Waals surface area contributed by atoms with E-state index in [-0.39, 0.29) is 0 Å². The van der Waals surface area contributed by atoms with E-state index < -0.39 is 12.0 Å². The van der Waals surface area contributed by atoms with E-state index in [0.717, 1.165) is 11.3 Å². The van der Waals surface area contributed by atoms with Crippen molar-refractivity contribution in [3.63, 3.8) is 0 Å². The summed E-state index contributed by atoms with van der Waals surface area (Å²) < 4.78 is 5.30. The molecule has 0 aliphatic heterocycles. The van der Waals surface area contributed by atoms with E-state index in [4.69, 9.17) is 9.84 Å². The zero-order chi connectivity index (χ0) is 12.1. The predicted octanol–water partition coefficient (Wildman–Crippen LogP) is 1.77. The van der Waals surface area contributed by atoms with Crippen molar-refractivity contribution in [2.75, 3.05) is 20.7 Å². The molecule has 1 N–H and O–H groups in total. The van der Waals surface area contributed by atoms with Gasteiger partial charge in [-0.1, -0.05) is 12.1 Å². The Balaban J connectivity index is 2.90. The Morgan fingerprint density at radius 1 is 1.38 bits per heavy atom. The molecule has 4 nitrogen and oxygen atoms in total. The van der Waals surface area contributed by atoms with Gasteiger partial charge in [-0.25, -0.2) is 0 Å². The topological polar surface area (TPSA) is 49.8 Å². The molecule has 0 radical (unpaired) electrons. The van der Waals surface area contributed by atoms with Gasteiger partial charge in [-0.2, -0.15) is 0 Å². The monoisotopic (exact) mass is 223 g/mol. The van der Waals surface area contributed by atoms with Crippen LogP contribution in [0.2, 0.25) is 0 Å². The maximum atomic E-state index is 11.1. The van der Waals surface area contributed by atoms with Crippen LogP contribution < -0.4 is 4.74 Å². The van der Waals surface area contributed by atoms with E-state index in [1.165, 1.54) is 0 Å². The summed E-state index contributed by atoms with van der Waals surface area (Å²) in [5.41, 5.74) is 0.751. The van der Waals surface area contributed by atoms with Gasteiger partial charge in [-0.05, 0) is 38.7 Å². The molecule has 0 unspecified atom stereocenters. The maximum absolute atomic E-state index is 11.1. The van der Waals surface area contributed by atoms with Gasteiger partial charge < -0.3 is 9.84 Å². The second-order valence-corrected chi connectivity index (χ2v) is 3.71. The first kappa shape index (κ1) is 12.5. The van der Waals surface area contributed by atoms with Gasteiger partial charge in [-0.3, -0.25) is 9.69 Å². The van der Waals surface area contributed by atoms with Gasteiger partial charge >= 0.3 is 5.97 Å². The summed E-state index contributed by atoms with van der Waals surface area (Å²) in [5.74, 6) is -0.0942. The molecule has 0 aliphatic carbocycles. The highest BCUT2D eigenvalue weighted by Gasteiger charge is 2.21. The van der Waals surface area contributed by atoms with Crippen molar-refractivity contribution in [1.82, 2.24) is 4.90 Å². The van der Waals surface area contributed by atoms with Crippen LogP contribution >= 0.6 is 0 Å². The van der Waals surface area contributed by atoms with Crippen LogP contribution in [-0.2, 0) is 4.79 Å². The van der Waals surface area contributed by atoms with Crippen LogP contribution in [0.4, 0.5) is 0 Å². The summed E-state index contributed by atoms with van der Waals surface area (Å²) in [6.07, 6.45) is 0. The van der Waals surface area contributed by atoms with Gasteiger partial charge in [0.15, 0.2) is 0 Å². The average Bonchev–Trinajstić information content (AvgIpc) is 2.20. The highest BCUT2D eigenvalue weighted by molar-refractivity contribution is 5.75. The SMILES string of the molecule is CCOc1ccc([C@@H](C(=O)O)N(C)C)cc1. The molecular formula is C12H17NO3. The predicted molar refractivity (Wildman–Crippen MR) is 61.7 cm³/mol. The lowest BCUT2D eigenvalue weighted by atomic mass is 10.1. The quantitative estimate of drug-likeness (QED) is 0.826. The summed E-state index contributed by atoms with van der Waals surface area (Å²) in [5, 5.41) is 9.10. The number of aliphatic carboxylic acids is 1. The van der Waals surface area contributed by atoms with E-state index in [1.807, 2.05) is 6.92 Å². The molecule has 0 aromatic heterocycles. The highest BCUT2D eigenvalue weighted by Crippen LogP contribution is 2.21. The van der Waals surface area contributed by atoms with Crippen molar-refractivity contribution in [2.24, 2.45) is 0 Å². The molecule has 1 atom stereocenters. The average molecular weight is 223 g/mol. The number of benzene rings is 1. The normalized spacial score (nSPS) is 12.5. The van der Waals surface area contributed by atoms with Gasteiger partial charge in [0.25, 0.3) is 0 Å². The molecular weight excluding hydrogens is 206 g/mol. The fourth-order valence-corrected chi connectivity index (χ4v) is 1.57. The van der Waals surface area contributed by atoms with Gasteiger partial charge in [0.05, 0.1) is 6.61 Å². The van der Waals surface area contributed by atoms with E-state index in [0.29, 0.717) is 6.61 Å². The van der Waals surface area contributed by atoms with Crippen LogP contribution in [0.25, 0.3) is 0 Å². The Morgan fingerprint density at radius 2 is 1.94 bits per heavy atom. The highest BCUT2D eigenvalue weighted by atomic mass is 16.5. The number of rotatable bonds is 5. The van der Waals surface area contributed by atoms with Gasteiger partial charge in [0.2, 0.25) is 0 Å². The Hall–Kier alpha value is -1.55. The van der Waals surface area contributed by atoms with Gasteiger partial charge in [0.1, 0.15) is 11.8 Å². The van der Waals surface area contributed by atoms with Crippen molar-refractivity contribution in [3.8, 4) is 5.75 Å². The summed E-state index contributed by atoms with van der Waals surface area (Å²) in [7, 11) is 3.49. The molecule has 4 heteroatoms. The zero-order valence-electron chi connectivity index (χ0n) is 9.80. The number of carboxylic acid groups (broad SMARTS) is 1. The molecule has 16 heavy (non-hydrogen) atoms. The summed E-state index contributed by atoms with van der Waals surface area (Å²) >= 11 is 0. The molecule has 0 heterocycles. The first-order valence-electron chi connectivity index (χ1n) is 5.18. The van der Waals surface area contributed by atoms with Crippen LogP contribution in [0.1, 0.15) is 18.5 Å². The maximum Gasteiger partial charge on any atom is 0.325 e. The Kier molecular flexibility index (Phi) is 4.31. The first-order valence-corrected chi connectivity index (χ1v) is 5.18. The lowest BCUT2D eigenvalue weighted by Crippen LogP contribution is -2.27. The van der Waals surface area contributed by atoms with Gasteiger partial charge in [0, 0.05) is 0 Å². The molecule has 0 spiro atoms. The third-order valence-electron chi connectivity index (χ3n) is 2.26. The van der Waals surface area contributed by atoms with E-state index in [2.05, 4.69) is 0 Å². The van der Waals surface area contributed by atoms with E-state index in [9.17, 15) is 4.79 Å². The second kappa shape index (κ2) is 5.51. The number of hydrogen-bond donors (Lipinski definition) is 1. The molecule has 1 aromatic carbocycles. The molecule has 0 saturated heterocycles. The summed E-state index contributed by atoms with van der Waals surface area (Å²) in [6, 6.07) is 6.53. The molecule has 0 aliphatic rings. The van der Waals surface area contributed by atoms with Crippen molar-refractivity contribution < 1.29 is 14.6 Å². The lowest BCUT2D eigenvalue weighted by Gasteiger charge is -2.20. The molecule has 0 saturated carbocycles. The van der Waals surface area contributed by atoms with Crippen LogP contribution in [-0.4, -0.2) is 36.7 Å². The Morgan fingerprint density at radius 3 is 2.31 bits per heavy atom. The van der Waals surface area contributed by atoms with Gasteiger partial charge in [-0.15, -0.1) is 0 Å². The Bertz CT molecular complexity index is 346. The number of likely N-dealkylation sites (N-methyl/N-ethyl adjacent to an activating group) is 1. The minimum atomic E-state index is -0.853. The van der Waals surface area contributed by atoms with Crippen LogP contribution in [0.15, 0.2) is 24.3 Å². The Labute approximate surface area is 95.5 Å². The lowest BCUT2D eigenvalue weighted by molar-refractivity contribution is -0.142. The van der Waals surface area contributed by atoms with E-state index in [1.54, 1.807) is 43.3 Å². The smallest absolute Gasteiger partial charge is 0.325 e. The summed E-state index contributed by atoms with van der Waals surface area (Å²) in [4.78, 5) is 12.7.